The third-order valence-corrected chi connectivity index (χ3v) is 6.61. The first kappa shape index (κ1) is 29.3. The summed E-state index contributed by atoms with van der Waals surface area (Å²) in [5, 5.41) is 8.80. The predicted molar refractivity (Wildman–Crippen MR) is 152 cm³/mol. The maximum Gasteiger partial charge on any atom is 0.341 e. The highest BCUT2D eigenvalue weighted by Gasteiger charge is 2.17. The Balaban J connectivity index is 1.58. The Morgan fingerprint density at radius 1 is 0.902 bits per heavy atom. The van der Waals surface area contributed by atoms with Crippen molar-refractivity contribution in [2.24, 2.45) is 0 Å². The van der Waals surface area contributed by atoms with Gasteiger partial charge in [0.2, 0.25) is 10.0 Å². The largest absolute Gasteiger partial charge is 0.482 e. The lowest BCUT2D eigenvalue weighted by Crippen LogP contribution is -2.24. The number of aliphatic carboxylic acids is 1. The fraction of sp³-hybridized carbons (Fsp3) is 0.167. The van der Waals surface area contributed by atoms with Gasteiger partial charge in [-0.05, 0) is 60.5 Å². The van der Waals surface area contributed by atoms with Crippen LogP contribution in [0.4, 0.5) is 20.2 Å². The van der Waals surface area contributed by atoms with Crippen LogP contribution in [0, 0.1) is 18.6 Å². The molecule has 0 bridgehead atoms. The molecule has 0 aliphatic heterocycles. The first-order valence-corrected chi connectivity index (χ1v) is 14.3. The summed E-state index contributed by atoms with van der Waals surface area (Å²) in [7, 11) is -3.53. The van der Waals surface area contributed by atoms with Crippen LogP contribution in [0.25, 0.3) is 0 Å². The average Bonchev–Trinajstić information content (AvgIpc) is 2.90. The van der Waals surface area contributed by atoms with Crippen molar-refractivity contribution in [2.75, 3.05) is 22.5 Å². The third-order valence-electron chi connectivity index (χ3n) is 6.02. The summed E-state index contributed by atoms with van der Waals surface area (Å²) >= 11 is 0. The van der Waals surface area contributed by atoms with Crippen molar-refractivity contribution in [1.29, 1.82) is 0 Å². The number of ether oxygens (including phenoxy) is 2. The van der Waals surface area contributed by atoms with Crippen LogP contribution in [0.5, 0.6) is 17.2 Å². The summed E-state index contributed by atoms with van der Waals surface area (Å²) in [5.41, 5.74) is 2.83. The lowest BCUT2D eigenvalue weighted by atomic mass is 10.1. The zero-order valence-corrected chi connectivity index (χ0v) is 23.1. The molecule has 0 saturated heterocycles. The molecule has 0 aliphatic carbocycles. The van der Waals surface area contributed by atoms with E-state index in [1.54, 1.807) is 61.5 Å². The molecule has 4 rings (SSSR count). The molecule has 0 aromatic heterocycles. The van der Waals surface area contributed by atoms with Crippen molar-refractivity contribution >= 4 is 27.4 Å². The number of halogens is 2. The van der Waals surface area contributed by atoms with Gasteiger partial charge in [-0.2, -0.15) is 0 Å². The highest BCUT2D eigenvalue weighted by Crippen LogP contribution is 2.31. The van der Waals surface area contributed by atoms with Crippen molar-refractivity contribution in [3.05, 3.63) is 113 Å². The SMILES string of the molecule is Cc1c(NS(C)(=O)=O)cccc1N(Cc1ccc(Oc2cccc(OCC(=O)O)c2)cc1)Cc1ccc(F)cc1F. The monoisotopic (exact) mass is 582 g/mol. The molecule has 0 fully saturated rings. The summed E-state index contributed by atoms with van der Waals surface area (Å²) in [6.45, 7) is 1.71. The first-order chi connectivity index (χ1) is 19.5. The Hall–Kier alpha value is -4.64. The number of carboxylic acids is 1. The van der Waals surface area contributed by atoms with E-state index in [0.29, 0.717) is 40.7 Å². The number of hydrogen-bond donors (Lipinski definition) is 2. The fourth-order valence-electron chi connectivity index (χ4n) is 4.15. The number of anilines is 2. The molecule has 0 amide bonds. The van der Waals surface area contributed by atoms with Gasteiger partial charge in [0.15, 0.2) is 6.61 Å². The van der Waals surface area contributed by atoms with Gasteiger partial charge in [-0.3, -0.25) is 4.72 Å². The molecule has 0 heterocycles. The lowest BCUT2D eigenvalue weighted by molar-refractivity contribution is -0.139. The van der Waals surface area contributed by atoms with Crippen LogP contribution in [0.3, 0.4) is 0 Å². The van der Waals surface area contributed by atoms with E-state index in [4.69, 9.17) is 14.6 Å². The molecule has 0 saturated carbocycles. The first-order valence-electron chi connectivity index (χ1n) is 12.4. The summed E-state index contributed by atoms with van der Waals surface area (Å²) in [4.78, 5) is 12.6. The molecule has 0 atom stereocenters. The Kier molecular flexibility index (Phi) is 9.08. The molecule has 214 valence electrons. The highest BCUT2D eigenvalue weighted by molar-refractivity contribution is 7.92. The van der Waals surface area contributed by atoms with Gasteiger partial charge in [0.25, 0.3) is 0 Å². The minimum atomic E-state index is -3.53. The molecule has 41 heavy (non-hydrogen) atoms. The smallest absolute Gasteiger partial charge is 0.341 e. The number of hydrogen-bond acceptors (Lipinski definition) is 6. The topological polar surface area (TPSA) is 105 Å². The molecule has 4 aromatic carbocycles. The van der Waals surface area contributed by atoms with Crippen molar-refractivity contribution < 1.29 is 36.6 Å². The minimum Gasteiger partial charge on any atom is -0.482 e. The second-order valence-electron chi connectivity index (χ2n) is 9.32. The van der Waals surface area contributed by atoms with Crippen molar-refractivity contribution in [2.45, 2.75) is 20.0 Å². The average molecular weight is 583 g/mol. The van der Waals surface area contributed by atoms with Gasteiger partial charge in [-0.25, -0.2) is 22.0 Å². The van der Waals surface area contributed by atoms with E-state index in [1.165, 1.54) is 12.1 Å². The molecule has 4 aromatic rings. The van der Waals surface area contributed by atoms with Gasteiger partial charge in [0.05, 0.1) is 11.9 Å². The van der Waals surface area contributed by atoms with Crippen LogP contribution < -0.4 is 19.1 Å². The molecule has 0 radical (unpaired) electrons. The Morgan fingerprint density at radius 3 is 2.29 bits per heavy atom. The number of nitrogens with one attached hydrogen (secondary N) is 1. The molecular weight excluding hydrogens is 554 g/mol. The predicted octanol–water partition coefficient (Wildman–Crippen LogP) is 6.11. The van der Waals surface area contributed by atoms with Crippen molar-refractivity contribution in [1.82, 2.24) is 0 Å². The Morgan fingerprint density at radius 2 is 1.61 bits per heavy atom. The number of carbonyl (C=O) groups is 1. The summed E-state index contributed by atoms with van der Waals surface area (Å²) in [6.07, 6.45) is 1.06. The van der Waals surface area contributed by atoms with Crippen LogP contribution in [0.15, 0.2) is 84.9 Å². The van der Waals surface area contributed by atoms with Gasteiger partial charge in [0.1, 0.15) is 28.9 Å². The van der Waals surface area contributed by atoms with Gasteiger partial charge in [0, 0.05) is 36.5 Å². The number of carboxylic acid groups (broad SMARTS) is 1. The van der Waals surface area contributed by atoms with E-state index in [2.05, 4.69) is 4.72 Å². The molecule has 2 N–H and O–H groups in total. The number of nitrogens with zero attached hydrogens (tertiary/aromatic N) is 1. The molecular formula is C30H28F2N2O6S. The van der Waals surface area contributed by atoms with Crippen LogP contribution >= 0.6 is 0 Å². The molecule has 8 nitrogen and oxygen atoms in total. The van der Waals surface area contributed by atoms with E-state index in [-0.39, 0.29) is 12.1 Å². The second kappa shape index (κ2) is 12.7. The van der Waals surface area contributed by atoms with Gasteiger partial charge >= 0.3 is 5.97 Å². The van der Waals surface area contributed by atoms with E-state index in [1.807, 2.05) is 17.0 Å². The fourth-order valence-corrected chi connectivity index (χ4v) is 4.77. The standard InChI is InChI=1S/C30H28F2N2O6S/c1-20-28(33-41(2,37)38)7-4-8-29(20)34(18-22-11-12-23(31)15-27(22)32)17-21-9-13-24(14-10-21)40-26-6-3-5-25(16-26)39-19-30(35)36/h3-16,33H,17-19H2,1-2H3,(H,35,36). The van der Waals surface area contributed by atoms with Gasteiger partial charge < -0.3 is 19.5 Å². The van der Waals surface area contributed by atoms with Crippen molar-refractivity contribution in [3.63, 3.8) is 0 Å². The van der Waals surface area contributed by atoms with E-state index < -0.39 is 34.2 Å². The maximum absolute atomic E-state index is 14.6. The number of rotatable bonds is 12. The van der Waals surface area contributed by atoms with Gasteiger partial charge in [-0.15, -0.1) is 0 Å². The quantitative estimate of drug-likeness (QED) is 0.208. The second-order valence-corrected chi connectivity index (χ2v) is 11.1. The molecule has 0 aliphatic rings. The molecule has 0 unspecified atom stereocenters. The maximum atomic E-state index is 14.6. The summed E-state index contributed by atoms with van der Waals surface area (Å²) in [6, 6.07) is 22.3. The van der Waals surface area contributed by atoms with Crippen LogP contribution in [-0.2, 0) is 27.9 Å². The normalized spacial score (nSPS) is 11.1. The number of sulfonamides is 1. The Bertz CT molecular complexity index is 1650. The van der Waals surface area contributed by atoms with E-state index in [9.17, 15) is 22.0 Å². The molecule has 0 spiro atoms. The zero-order valence-electron chi connectivity index (χ0n) is 22.3. The Labute approximate surface area is 236 Å². The number of benzene rings is 4. The minimum absolute atomic E-state index is 0.0939. The van der Waals surface area contributed by atoms with E-state index in [0.717, 1.165) is 17.9 Å². The summed E-state index contributed by atoms with van der Waals surface area (Å²) < 4.78 is 65.5. The zero-order chi connectivity index (χ0) is 29.6. The highest BCUT2D eigenvalue weighted by atomic mass is 32.2. The summed E-state index contributed by atoms with van der Waals surface area (Å²) in [5.74, 6) is -1.11. The van der Waals surface area contributed by atoms with Crippen LogP contribution in [0.1, 0.15) is 16.7 Å². The van der Waals surface area contributed by atoms with E-state index >= 15 is 0 Å². The lowest BCUT2D eigenvalue weighted by Gasteiger charge is -2.28. The van der Waals surface area contributed by atoms with Crippen molar-refractivity contribution in [3.8, 4) is 17.2 Å². The third kappa shape index (κ3) is 8.42. The molecule has 11 heteroatoms. The van der Waals surface area contributed by atoms with Crippen LogP contribution in [0.2, 0.25) is 0 Å². The van der Waals surface area contributed by atoms with Gasteiger partial charge in [-0.1, -0.05) is 30.3 Å². The van der Waals surface area contributed by atoms with Crippen LogP contribution in [-0.4, -0.2) is 32.4 Å².